The third-order valence-corrected chi connectivity index (χ3v) is 1.12. The first-order chi connectivity index (χ1) is 4.95. The summed E-state index contributed by atoms with van der Waals surface area (Å²) >= 11 is 0. The number of nitrogens with two attached hydrogens (primary N) is 1. The monoisotopic (exact) mass is 158 g/mol. The Kier molecular flexibility index (Phi) is 4.11. The van der Waals surface area contributed by atoms with Crippen molar-refractivity contribution in [3.63, 3.8) is 0 Å². The van der Waals surface area contributed by atoms with Crippen LogP contribution in [0.2, 0.25) is 0 Å². The van der Waals surface area contributed by atoms with Crippen LogP contribution in [0.5, 0.6) is 0 Å². The van der Waals surface area contributed by atoms with Crippen LogP contribution < -0.4 is 11.1 Å². The lowest BCUT2D eigenvalue weighted by Crippen LogP contribution is -2.40. The van der Waals surface area contributed by atoms with E-state index in [2.05, 4.69) is 5.32 Å². The minimum Gasteiger partial charge on any atom is -0.352 e. The molecule has 3 nitrogen and oxygen atoms in total. The van der Waals surface area contributed by atoms with Crippen LogP contribution in [0.3, 0.4) is 0 Å². The van der Waals surface area contributed by atoms with Crippen LogP contribution in [0.25, 0.3) is 0 Å². The predicted octanol–water partition coefficient (Wildman–Crippen LogP) is 0.640. The molecular weight excluding hydrogens is 140 g/mol. The zero-order valence-electron chi connectivity index (χ0n) is 7.61. The van der Waals surface area contributed by atoms with Crippen molar-refractivity contribution in [2.24, 2.45) is 5.73 Å². The van der Waals surface area contributed by atoms with Crippen LogP contribution in [0, 0.1) is 0 Å². The zero-order valence-corrected chi connectivity index (χ0v) is 7.61. The molecule has 0 unspecified atom stereocenters. The van der Waals surface area contributed by atoms with Crippen LogP contribution in [-0.4, -0.2) is 18.0 Å². The van der Waals surface area contributed by atoms with Gasteiger partial charge in [-0.2, -0.15) is 0 Å². The Morgan fingerprint density at radius 3 is 2.36 bits per heavy atom. The first-order valence-electron chi connectivity index (χ1n) is 3.97. The largest absolute Gasteiger partial charge is 0.352 e. The van der Waals surface area contributed by atoms with Crippen LogP contribution in [0.4, 0.5) is 0 Å². The lowest BCUT2D eigenvalue weighted by Gasteiger charge is -2.20. The molecule has 0 aromatic carbocycles. The van der Waals surface area contributed by atoms with Crippen LogP contribution in [0.1, 0.15) is 33.6 Å². The standard InChI is InChI=1S/C8H18N2O/c1-8(2,3)10-7(11)5-4-6-9/h4-6,9H2,1-3H3,(H,10,11). The Morgan fingerprint density at radius 1 is 1.45 bits per heavy atom. The van der Waals surface area contributed by atoms with Crippen LogP contribution in [0.15, 0.2) is 0 Å². The molecule has 0 saturated carbocycles. The van der Waals surface area contributed by atoms with E-state index >= 15 is 0 Å². The Bertz CT molecular complexity index is 127. The summed E-state index contributed by atoms with van der Waals surface area (Å²) < 4.78 is 0. The Morgan fingerprint density at radius 2 is 2.00 bits per heavy atom. The fraction of sp³-hybridized carbons (Fsp3) is 0.875. The average Bonchev–Trinajstić information content (AvgIpc) is 1.79. The topological polar surface area (TPSA) is 55.1 Å². The number of amides is 1. The molecule has 66 valence electrons. The molecule has 0 radical (unpaired) electrons. The molecule has 0 aliphatic heterocycles. The highest BCUT2D eigenvalue weighted by atomic mass is 16.1. The van der Waals surface area contributed by atoms with Crippen molar-refractivity contribution in [3.8, 4) is 0 Å². The van der Waals surface area contributed by atoms with Gasteiger partial charge in [-0.05, 0) is 33.7 Å². The maximum absolute atomic E-state index is 11.1. The lowest BCUT2D eigenvalue weighted by molar-refractivity contribution is -0.122. The van der Waals surface area contributed by atoms with Crippen molar-refractivity contribution in [3.05, 3.63) is 0 Å². The van der Waals surface area contributed by atoms with Gasteiger partial charge in [0.25, 0.3) is 0 Å². The van der Waals surface area contributed by atoms with Gasteiger partial charge in [-0.15, -0.1) is 0 Å². The van der Waals surface area contributed by atoms with Gasteiger partial charge in [0.15, 0.2) is 0 Å². The Balaban J connectivity index is 3.53. The summed E-state index contributed by atoms with van der Waals surface area (Å²) in [5.41, 5.74) is 5.14. The molecule has 0 atom stereocenters. The number of hydrogen-bond donors (Lipinski definition) is 2. The summed E-state index contributed by atoms with van der Waals surface area (Å²) in [4.78, 5) is 11.1. The quantitative estimate of drug-likeness (QED) is 0.633. The smallest absolute Gasteiger partial charge is 0.220 e. The van der Waals surface area contributed by atoms with E-state index in [1.807, 2.05) is 20.8 Å². The van der Waals surface area contributed by atoms with Gasteiger partial charge in [-0.1, -0.05) is 0 Å². The second-order valence-corrected chi connectivity index (χ2v) is 3.69. The highest BCUT2D eigenvalue weighted by Gasteiger charge is 2.12. The Hall–Kier alpha value is -0.570. The maximum atomic E-state index is 11.1. The number of hydrogen-bond acceptors (Lipinski definition) is 2. The van der Waals surface area contributed by atoms with Gasteiger partial charge in [-0.25, -0.2) is 0 Å². The van der Waals surface area contributed by atoms with Crippen LogP contribution in [-0.2, 0) is 4.79 Å². The molecule has 0 spiro atoms. The molecule has 11 heavy (non-hydrogen) atoms. The van der Waals surface area contributed by atoms with Gasteiger partial charge in [0.05, 0.1) is 0 Å². The van der Waals surface area contributed by atoms with Crippen molar-refractivity contribution in [1.29, 1.82) is 0 Å². The van der Waals surface area contributed by atoms with Crippen molar-refractivity contribution in [2.45, 2.75) is 39.2 Å². The number of nitrogens with one attached hydrogen (secondary N) is 1. The van der Waals surface area contributed by atoms with E-state index in [1.54, 1.807) is 0 Å². The van der Waals surface area contributed by atoms with Crippen molar-refractivity contribution in [2.75, 3.05) is 6.54 Å². The van der Waals surface area contributed by atoms with Crippen molar-refractivity contribution >= 4 is 5.91 Å². The predicted molar refractivity (Wildman–Crippen MR) is 46.2 cm³/mol. The molecule has 0 aromatic rings. The van der Waals surface area contributed by atoms with E-state index < -0.39 is 0 Å². The third-order valence-electron chi connectivity index (χ3n) is 1.12. The molecule has 0 aromatic heterocycles. The number of carbonyl (C=O) groups excluding carboxylic acids is 1. The normalized spacial score (nSPS) is 11.3. The summed E-state index contributed by atoms with van der Waals surface area (Å²) in [6.07, 6.45) is 1.30. The minimum atomic E-state index is -0.119. The SMILES string of the molecule is CC(C)(C)NC(=O)CCCN. The molecule has 1 amide bonds. The van der Waals surface area contributed by atoms with Gasteiger partial charge in [-0.3, -0.25) is 4.79 Å². The molecule has 3 heteroatoms. The van der Waals surface area contributed by atoms with Gasteiger partial charge in [0.1, 0.15) is 0 Å². The molecule has 0 aliphatic carbocycles. The average molecular weight is 158 g/mol. The van der Waals surface area contributed by atoms with Gasteiger partial charge in [0, 0.05) is 12.0 Å². The molecular formula is C8H18N2O. The summed E-state index contributed by atoms with van der Waals surface area (Å²) in [7, 11) is 0. The Labute approximate surface area is 68.3 Å². The highest BCUT2D eigenvalue weighted by molar-refractivity contribution is 5.76. The minimum absolute atomic E-state index is 0.0861. The maximum Gasteiger partial charge on any atom is 0.220 e. The van der Waals surface area contributed by atoms with Crippen molar-refractivity contribution in [1.82, 2.24) is 5.32 Å². The summed E-state index contributed by atoms with van der Waals surface area (Å²) in [6, 6.07) is 0. The zero-order chi connectivity index (χ0) is 8.91. The summed E-state index contributed by atoms with van der Waals surface area (Å²) in [5.74, 6) is 0.0861. The van der Waals surface area contributed by atoms with E-state index in [0.717, 1.165) is 6.42 Å². The molecule has 0 rings (SSSR count). The molecule has 0 aliphatic rings. The summed E-state index contributed by atoms with van der Waals surface area (Å²) in [5, 5.41) is 2.86. The van der Waals surface area contributed by atoms with Gasteiger partial charge in [0.2, 0.25) is 5.91 Å². The first kappa shape index (κ1) is 10.4. The van der Waals surface area contributed by atoms with Gasteiger partial charge < -0.3 is 11.1 Å². The van der Waals surface area contributed by atoms with E-state index in [9.17, 15) is 4.79 Å². The number of rotatable bonds is 3. The molecule has 0 bridgehead atoms. The number of carbonyl (C=O) groups is 1. The van der Waals surface area contributed by atoms with E-state index in [1.165, 1.54) is 0 Å². The van der Waals surface area contributed by atoms with Crippen LogP contribution >= 0.6 is 0 Å². The second kappa shape index (κ2) is 4.34. The summed E-state index contributed by atoms with van der Waals surface area (Å²) in [6.45, 7) is 6.48. The van der Waals surface area contributed by atoms with E-state index in [4.69, 9.17) is 5.73 Å². The molecule has 3 N–H and O–H groups in total. The highest BCUT2D eigenvalue weighted by Crippen LogP contribution is 1.99. The van der Waals surface area contributed by atoms with Crippen molar-refractivity contribution < 1.29 is 4.79 Å². The van der Waals surface area contributed by atoms with E-state index in [-0.39, 0.29) is 11.4 Å². The third kappa shape index (κ3) is 7.33. The molecule has 0 saturated heterocycles. The second-order valence-electron chi connectivity index (χ2n) is 3.69. The fourth-order valence-corrected chi connectivity index (χ4v) is 0.743. The first-order valence-corrected chi connectivity index (χ1v) is 3.97. The molecule has 0 fully saturated rings. The lowest BCUT2D eigenvalue weighted by atomic mass is 10.1. The van der Waals surface area contributed by atoms with Gasteiger partial charge >= 0.3 is 0 Å². The van der Waals surface area contributed by atoms with E-state index in [0.29, 0.717) is 13.0 Å². The fourth-order valence-electron chi connectivity index (χ4n) is 0.743. The molecule has 0 heterocycles.